The molecule has 2 aromatic heterocycles. The first-order chi connectivity index (χ1) is 12.7. The second-order valence-corrected chi connectivity index (χ2v) is 5.83. The zero-order valence-electron chi connectivity index (χ0n) is 13.7. The van der Waals surface area contributed by atoms with Gasteiger partial charge in [0.1, 0.15) is 12.1 Å². The number of nitrogens with one attached hydrogen (secondary N) is 1. The van der Waals surface area contributed by atoms with Crippen molar-refractivity contribution >= 4 is 11.3 Å². The van der Waals surface area contributed by atoms with E-state index in [0.717, 1.165) is 22.5 Å². The van der Waals surface area contributed by atoms with Crippen molar-refractivity contribution in [2.75, 3.05) is 5.32 Å². The molecular formula is C20H14FN5. The van der Waals surface area contributed by atoms with Gasteiger partial charge in [0.25, 0.3) is 0 Å². The van der Waals surface area contributed by atoms with Crippen LogP contribution in [0.1, 0.15) is 11.1 Å². The van der Waals surface area contributed by atoms with Gasteiger partial charge in [-0.1, -0.05) is 24.3 Å². The summed E-state index contributed by atoms with van der Waals surface area (Å²) in [6, 6.07) is 19.8. The maximum atomic E-state index is 13.3. The quantitative estimate of drug-likeness (QED) is 0.608. The van der Waals surface area contributed by atoms with Gasteiger partial charge in [-0.05, 0) is 35.9 Å². The summed E-state index contributed by atoms with van der Waals surface area (Å²) in [6.45, 7) is 0.495. The van der Waals surface area contributed by atoms with Gasteiger partial charge in [0.2, 0.25) is 0 Å². The molecule has 0 atom stereocenters. The van der Waals surface area contributed by atoms with Crippen LogP contribution >= 0.6 is 0 Å². The maximum Gasteiger partial charge on any atom is 0.158 e. The number of pyridine rings is 1. The van der Waals surface area contributed by atoms with E-state index in [9.17, 15) is 4.39 Å². The van der Waals surface area contributed by atoms with Crippen molar-refractivity contribution in [2.24, 2.45) is 0 Å². The Bertz CT molecular complexity index is 1110. The van der Waals surface area contributed by atoms with Crippen molar-refractivity contribution in [3.8, 4) is 17.3 Å². The fourth-order valence-corrected chi connectivity index (χ4v) is 2.80. The number of hydrogen-bond donors (Lipinski definition) is 1. The minimum absolute atomic E-state index is 0.254. The normalized spacial score (nSPS) is 10.6. The van der Waals surface area contributed by atoms with E-state index < -0.39 is 0 Å². The predicted octanol–water partition coefficient (Wildman–Crippen LogP) is 4.02. The van der Waals surface area contributed by atoms with Crippen molar-refractivity contribution in [3.05, 3.63) is 83.9 Å². The first-order valence-electron chi connectivity index (χ1n) is 8.05. The number of nitrogens with zero attached hydrogens (tertiary/aromatic N) is 4. The third-order valence-corrected chi connectivity index (χ3v) is 4.07. The number of aromatic nitrogens is 3. The molecule has 0 fully saturated rings. The van der Waals surface area contributed by atoms with Crippen molar-refractivity contribution < 1.29 is 4.39 Å². The van der Waals surface area contributed by atoms with E-state index in [1.54, 1.807) is 22.7 Å². The average Bonchev–Trinajstić information content (AvgIpc) is 3.14. The largest absolute Gasteiger partial charge is 0.381 e. The van der Waals surface area contributed by atoms with E-state index in [2.05, 4.69) is 21.5 Å². The average molecular weight is 343 g/mol. The minimum atomic E-state index is -0.254. The van der Waals surface area contributed by atoms with E-state index in [4.69, 9.17) is 5.26 Å². The Morgan fingerprint density at radius 1 is 1.08 bits per heavy atom. The molecule has 4 aromatic rings. The lowest BCUT2D eigenvalue weighted by Gasteiger charge is -2.11. The Hall–Kier alpha value is -3.72. The summed E-state index contributed by atoms with van der Waals surface area (Å²) in [5, 5.41) is 16.5. The highest BCUT2D eigenvalue weighted by molar-refractivity contribution is 5.70. The molecule has 0 radical (unpaired) electrons. The maximum absolute atomic E-state index is 13.3. The highest BCUT2D eigenvalue weighted by Gasteiger charge is 2.09. The number of halogens is 1. The first-order valence-corrected chi connectivity index (χ1v) is 8.05. The molecule has 0 saturated carbocycles. The first kappa shape index (κ1) is 15.8. The van der Waals surface area contributed by atoms with Crippen LogP contribution in [0, 0.1) is 17.1 Å². The van der Waals surface area contributed by atoms with Crippen LogP contribution in [-0.2, 0) is 6.54 Å². The van der Waals surface area contributed by atoms with Crippen molar-refractivity contribution in [2.45, 2.75) is 6.54 Å². The Kier molecular flexibility index (Phi) is 4.04. The van der Waals surface area contributed by atoms with E-state index in [1.165, 1.54) is 18.5 Å². The fraction of sp³-hybridized carbons (Fsp3) is 0.0500. The third kappa shape index (κ3) is 3.10. The van der Waals surface area contributed by atoms with Crippen LogP contribution in [0.25, 0.3) is 16.9 Å². The van der Waals surface area contributed by atoms with E-state index >= 15 is 0 Å². The summed E-state index contributed by atoms with van der Waals surface area (Å²) >= 11 is 0. The molecular weight excluding hydrogens is 329 g/mol. The van der Waals surface area contributed by atoms with Crippen LogP contribution in [0.4, 0.5) is 10.1 Å². The van der Waals surface area contributed by atoms with Gasteiger partial charge in [0, 0.05) is 23.9 Å². The molecule has 0 aliphatic rings. The van der Waals surface area contributed by atoms with Gasteiger partial charge in [-0.3, -0.25) is 0 Å². The monoisotopic (exact) mass is 343 g/mol. The predicted molar refractivity (Wildman–Crippen MR) is 96.9 cm³/mol. The molecule has 0 aliphatic heterocycles. The number of fused-ring (bicyclic) bond motifs is 1. The number of rotatable bonds is 4. The molecule has 0 amide bonds. The number of nitriles is 1. The summed E-state index contributed by atoms with van der Waals surface area (Å²) in [5.41, 5.74) is 4.79. The molecule has 0 saturated heterocycles. The summed E-state index contributed by atoms with van der Waals surface area (Å²) in [7, 11) is 0. The van der Waals surface area contributed by atoms with Gasteiger partial charge in [0.05, 0.1) is 17.3 Å². The zero-order chi connectivity index (χ0) is 17.9. The molecule has 2 aromatic carbocycles. The van der Waals surface area contributed by atoms with Crippen LogP contribution in [0.2, 0.25) is 0 Å². The second-order valence-electron chi connectivity index (χ2n) is 5.83. The SMILES string of the molecule is N#Cc1ccc(-c2cc(NCc3cccc(F)c3)cc3ncnn23)cc1. The number of benzene rings is 2. The lowest BCUT2D eigenvalue weighted by molar-refractivity contribution is 0.626. The molecule has 4 rings (SSSR count). The smallest absolute Gasteiger partial charge is 0.158 e. The molecule has 0 aliphatic carbocycles. The number of anilines is 1. The summed E-state index contributed by atoms with van der Waals surface area (Å²) in [4.78, 5) is 4.27. The lowest BCUT2D eigenvalue weighted by atomic mass is 10.1. The van der Waals surface area contributed by atoms with Gasteiger partial charge in [-0.15, -0.1) is 0 Å². The molecule has 5 nitrogen and oxygen atoms in total. The summed E-state index contributed by atoms with van der Waals surface area (Å²) in [6.07, 6.45) is 1.50. The summed E-state index contributed by atoms with van der Waals surface area (Å²) < 4.78 is 15.1. The standard InChI is InChI=1S/C20H14FN5/c21-17-3-1-2-15(8-17)12-23-18-9-19(26-20(10-18)24-13-25-26)16-6-4-14(11-22)5-7-16/h1-10,13,23H,12H2. The Morgan fingerprint density at radius 3 is 2.69 bits per heavy atom. The molecule has 0 unspecified atom stereocenters. The minimum Gasteiger partial charge on any atom is -0.381 e. The van der Waals surface area contributed by atoms with Gasteiger partial charge in [-0.25, -0.2) is 13.9 Å². The van der Waals surface area contributed by atoms with Gasteiger partial charge in [-0.2, -0.15) is 10.4 Å². The highest BCUT2D eigenvalue weighted by atomic mass is 19.1. The second kappa shape index (κ2) is 6.65. The molecule has 0 bridgehead atoms. The van der Waals surface area contributed by atoms with E-state index in [0.29, 0.717) is 17.8 Å². The van der Waals surface area contributed by atoms with E-state index in [1.807, 2.05) is 30.3 Å². The van der Waals surface area contributed by atoms with Crippen LogP contribution in [-0.4, -0.2) is 14.6 Å². The van der Waals surface area contributed by atoms with Crippen molar-refractivity contribution in [1.29, 1.82) is 5.26 Å². The molecule has 2 heterocycles. The summed E-state index contributed by atoms with van der Waals surface area (Å²) in [5.74, 6) is -0.254. The molecule has 0 spiro atoms. The van der Waals surface area contributed by atoms with Crippen LogP contribution in [0.15, 0.2) is 67.0 Å². The van der Waals surface area contributed by atoms with Gasteiger partial charge >= 0.3 is 0 Å². The highest BCUT2D eigenvalue weighted by Crippen LogP contribution is 2.25. The Morgan fingerprint density at radius 2 is 1.92 bits per heavy atom. The number of hydrogen-bond acceptors (Lipinski definition) is 4. The topological polar surface area (TPSA) is 66.0 Å². The molecule has 26 heavy (non-hydrogen) atoms. The van der Waals surface area contributed by atoms with Crippen LogP contribution < -0.4 is 5.32 Å². The van der Waals surface area contributed by atoms with Gasteiger partial charge < -0.3 is 5.32 Å². The molecule has 126 valence electrons. The Labute approximate surface area is 149 Å². The fourth-order valence-electron chi connectivity index (χ4n) is 2.80. The third-order valence-electron chi connectivity index (χ3n) is 4.07. The van der Waals surface area contributed by atoms with Crippen LogP contribution in [0.5, 0.6) is 0 Å². The van der Waals surface area contributed by atoms with Crippen molar-refractivity contribution in [1.82, 2.24) is 14.6 Å². The van der Waals surface area contributed by atoms with Crippen LogP contribution in [0.3, 0.4) is 0 Å². The Balaban J connectivity index is 1.69. The molecule has 6 heteroatoms. The van der Waals surface area contributed by atoms with Gasteiger partial charge in [0.15, 0.2) is 5.65 Å². The van der Waals surface area contributed by atoms with Crippen molar-refractivity contribution in [3.63, 3.8) is 0 Å². The van der Waals surface area contributed by atoms with E-state index in [-0.39, 0.29) is 5.82 Å². The lowest BCUT2D eigenvalue weighted by Crippen LogP contribution is -2.02. The zero-order valence-corrected chi connectivity index (χ0v) is 13.7. The molecule has 1 N–H and O–H groups in total.